The molecule has 3 heteroatoms. The number of rotatable bonds is 2. The van der Waals surface area contributed by atoms with Crippen LogP contribution in [0.5, 0.6) is 5.75 Å². The van der Waals surface area contributed by atoms with Crippen LogP contribution in [0.2, 0.25) is 0 Å². The minimum atomic E-state index is 0.110. The quantitative estimate of drug-likeness (QED) is 0.842. The van der Waals surface area contributed by atoms with Crippen molar-refractivity contribution >= 4 is 5.91 Å². The zero-order valence-electron chi connectivity index (χ0n) is 12.9. The smallest absolute Gasteiger partial charge is 0.254 e. The zero-order valence-corrected chi connectivity index (χ0v) is 12.9. The van der Waals surface area contributed by atoms with Crippen LogP contribution in [0.1, 0.15) is 27.0 Å². The maximum Gasteiger partial charge on any atom is 0.254 e. The largest absolute Gasteiger partial charge is 0.496 e. The van der Waals surface area contributed by atoms with Crippen molar-refractivity contribution < 1.29 is 9.53 Å². The average molecular weight is 281 g/mol. The van der Waals surface area contributed by atoms with Crippen molar-refractivity contribution in [3.63, 3.8) is 0 Å². The zero-order chi connectivity index (χ0) is 15.1. The van der Waals surface area contributed by atoms with Gasteiger partial charge in [0.2, 0.25) is 0 Å². The Kier molecular flexibility index (Phi) is 3.20. The molecule has 1 heterocycles. The van der Waals surface area contributed by atoms with Crippen LogP contribution < -0.4 is 4.74 Å². The summed E-state index contributed by atoms with van der Waals surface area (Å²) < 4.78 is 5.42. The van der Waals surface area contributed by atoms with Gasteiger partial charge in [0.05, 0.1) is 7.11 Å². The lowest BCUT2D eigenvalue weighted by Crippen LogP contribution is -2.17. The summed E-state index contributed by atoms with van der Waals surface area (Å²) in [5, 5.41) is 0. The molecule has 0 radical (unpaired) electrons. The Morgan fingerprint density at radius 3 is 2.33 bits per heavy atom. The molecule has 0 fully saturated rings. The predicted octanol–water partition coefficient (Wildman–Crippen LogP) is 3.56. The van der Waals surface area contributed by atoms with Crippen LogP contribution in [-0.4, -0.2) is 25.0 Å². The Morgan fingerprint density at radius 1 is 1.05 bits per heavy atom. The highest BCUT2D eigenvalue weighted by molar-refractivity contribution is 5.98. The molecule has 0 bridgehead atoms. The first-order valence-corrected chi connectivity index (χ1v) is 7.05. The lowest BCUT2D eigenvalue weighted by atomic mass is 9.97. The average Bonchev–Trinajstić information content (AvgIpc) is 2.73. The molecule has 0 N–H and O–H groups in total. The third kappa shape index (κ3) is 2.19. The highest BCUT2D eigenvalue weighted by Crippen LogP contribution is 2.32. The maximum atomic E-state index is 11.9. The lowest BCUT2D eigenvalue weighted by Gasteiger charge is -2.12. The number of benzene rings is 2. The van der Waals surface area contributed by atoms with E-state index in [1.807, 2.05) is 19.2 Å². The summed E-state index contributed by atoms with van der Waals surface area (Å²) in [6, 6.07) is 10.3. The summed E-state index contributed by atoms with van der Waals surface area (Å²) in [5.41, 5.74) is 6.48. The summed E-state index contributed by atoms with van der Waals surface area (Å²) in [5.74, 6) is 1.05. The van der Waals surface area contributed by atoms with Gasteiger partial charge in [-0.05, 0) is 65.9 Å². The van der Waals surface area contributed by atoms with Gasteiger partial charge in [-0.3, -0.25) is 4.79 Å². The van der Waals surface area contributed by atoms with Gasteiger partial charge in [-0.25, -0.2) is 0 Å². The van der Waals surface area contributed by atoms with Crippen molar-refractivity contribution in [2.24, 2.45) is 0 Å². The van der Waals surface area contributed by atoms with Crippen LogP contribution in [0.4, 0.5) is 0 Å². The summed E-state index contributed by atoms with van der Waals surface area (Å²) in [4.78, 5) is 13.7. The molecule has 0 spiro atoms. The Labute approximate surface area is 125 Å². The van der Waals surface area contributed by atoms with Gasteiger partial charge in [0.15, 0.2) is 0 Å². The molecule has 1 aliphatic heterocycles. The first-order chi connectivity index (χ1) is 10.0. The highest BCUT2D eigenvalue weighted by atomic mass is 16.5. The Morgan fingerprint density at radius 2 is 1.71 bits per heavy atom. The van der Waals surface area contributed by atoms with Crippen LogP contribution in [0.25, 0.3) is 11.1 Å². The number of methoxy groups -OCH3 is 1. The van der Waals surface area contributed by atoms with Crippen LogP contribution in [0.15, 0.2) is 30.3 Å². The third-order valence-corrected chi connectivity index (χ3v) is 4.09. The standard InChI is InChI=1S/C18H19NO2/c1-11-7-14(8-12(2)17(11)21-4)13-5-6-16-15(9-13)10-19(3)18(16)20/h5-9H,10H2,1-4H3. The molecule has 0 unspecified atom stereocenters. The third-order valence-electron chi connectivity index (χ3n) is 4.09. The number of hydrogen-bond acceptors (Lipinski definition) is 2. The predicted molar refractivity (Wildman–Crippen MR) is 83.7 cm³/mol. The van der Waals surface area contributed by atoms with E-state index in [9.17, 15) is 4.79 Å². The molecule has 0 atom stereocenters. The first-order valence-electron chi connectivity index (χ1n) is 7.05. The number of aryl methyl sites for hydroxylation is 2. The summed E-state index contributed by atoms with van der Waals surface area (Å²) >= 11 is 0. The fraction of sp³-hybridized carbons (Fsp3) is 0.278. The second-order valence-electron chi connectivity index (χ2n) is 5.68. The van der Waals surface area contributed by atoms with Gasteiger partial charge < -0.3 is 9.64 Å². The molecular formula is C18H19NO2. The van der Waals surface area contributed by atoms with E-state index in [4.69, 9.17) is 4.74 Å². The van der Waals surface area contributed by atoms with Gasteiger partial charge in [0.1, 0.15) is 5.75 Å². The normalized spacial score (nSPS) is 13.5. The number of carbonyl (C=O) groups excluding carboxylic acids is 1. The number of ether oxygens (including phenoxy) is 1. The molecule has 2 aromatic carbocycles. The monoisotopic (exact) mass is 281 g/mol. The van der Waals surface area contributed by atoms with E-state index < -0.39 is 0 Å². The Hall–Kier alpha value is -2.29. The summed E-state index contributed by atoms with van der Waals surface area (Å²) in [7, 11) is 3.54. The van der Waals surface area contributed by atoms with Crippen LogP contribution in [0.3, 0.4) is 0 Å². The highest BCUT2D eigenvalue weighted by Gasteiger charge is 2.24. The summed E-state index contributed by atoms with van der Waals surface area (Å²) in [6.07, 6.45) is 0. The molecule has 0 saturated heterocycles. The van der Waals surface area contributed by atoms with Crippen LogP contribution in [0, 0.1) is 13.8 Å². The minimum Gasteiger partial charge on any atom is -0.496 e. The molecule has 1 amide bonds. The van der Waals surface area contributed by atoms with E-state index in [1.54, 1.807) is 12.0 Å². The van der Waals surface area contributed by atoms with E-state index >= 15 is 0 Å². The van der Waals surface area contributed by atoms with Crippen molar-refractivity contribution in [2.45, 2.75) is 20.4 Å². The van der Waals surface area contributed by atoms with Crippen molar-refractivity contribution in [3.05, 3.63) is 52.6 Å². The van der Waals surface area contributed by atoms with Crippen molar-refractivity contribution in [1.82, 2.24) is 4.90 Å². The van der Waals surface area contributed by atoms with Crippen molar-refractivity contribution in [2.75, 3.05) is 14.2 Å². The Bertz CT molecular complexity index is 711. The number of nitrogens with zero attached hydrogens (tertiary/aromatic N) is 1. The van der Waals surface area contributed by atoms with E-state index in [-0.39, 0.29) is 5.91 Å². The van der Waals surface area contributed by atoms with E-state index in [1.165, 1.54) is 0 Å². The lowest BCUT2D eigenvalue weighted by molar-refractivity contribution is 0.0816. The molecule has 0 aromatic heterocycles. The van der Waals surface area contributed by atoms with Gasteiger partial charge in [-0.2, -0.15) is 0 Å². The van der Waals surface area contributed by atoms with E-state index in [0.29, 0.717) is 6.54 Å². The molecule has 108 valence electrons. The van der Waals surface area contributed by atoms with Gasteiger partial charge in [-0.1, -0.05) is 6.07 Å². The number of carbonyl (C=O) groups is 1. The summed E-state index contributed by atoms with van der Waals surface area (Å²) in [6.45, 7) is 4.80. The number of hydrogen-bond donors (Lipinski definition) is 0. The van der Waals surface area contributed by atoms with E-state index in [2.05, 4.69) is 32.0 Å². The van der Waals surface area contributed by atoms with Gasteiger partial charge in [-0.15, -0.1) is 0 Å². The second kappa shape index (κ2) is 4.92. The first kappa shape index (κ1) is 13.7. The molecule has 3 rings (SSSR count). The molecule has 3 nitrogen and oxygen atoms in total. The fourth-order valence-corrected chi connectivity index (χ4v) is 3.08. The fourth-order valence-electron chi connectivity index (χ4n) is 3.08. The van der Waals surface area contributed by atoms with Crippen molar-refractivity contribution in [3.8, 4) is 16.9 Å². The molecule has 0 saturated carbocycles. The molecular weight excluding hydrogens is 262 g/mol. The van der Waals surface area contributed by atoms with Crippen LogP contribution in [-0.2, 0) is 6.54 Å². The Balaban J connectivity index is 2.07. The number of fused-ring (bicyclic) bond motifs is 1. The molecule has 21 heavy (non-hydrogen) atoms. The topological polar surface area (TPSA) is 29.5 Å². The van der Waals surface area contributed by atoms with Crippen molar-refractivity contribution in [1.29, 1.82) is 0 Å². The maximum absolute atomic E-state index is 11.9. The van der Waals surface area contributed by atoms with E-state index in [0.717, 1.165) is 39.1 Å². The molecule has 0 aliphatic carbocycles. The van der Waals surface area contributed by atoms with Crippen LogP contribution >= 0.6 is 0 Å². The molecule has 2 aromatic rings. The van der Waals surface area contributed by atoms with Gasteiger partial charge >= 0.3 is 0 Å². The SMILES string of the molecule is COc1c(C)cc(-c2ccc3c(c2)CN(C)C3=O)cc1C. The van der Waals surface area contributed by atoms with Gasteiger partial charge in [0.25, 0.3) is 5.91 Å². The second-order valence-corrected chi connectivity index (χ2v) is 5.68. The van der Waals surface area contributed by atoms with Gasteiger partial charge in [0, 0.05) is 19.2 Å². The molecule has 1 aliphatic rings. The number of amides is 1. The minimum absolute atomic E-state index is 0.110.